The maximum absolute atomic E-state index is 13.8. The molecule has 0 atom stereocenters. The fourth-order valence-corrected chi connectivity index (χ4v) is 2.83. The van der Waals surface area contributed by atoms with Crippen molar-refractivity contribution in [2.75, 3.05) is 0 Å². The van der Waals surface area contributed by atoms with Crippen LogP contribution < -0.4 is 0 Å². The van der Waals surface area contributed by atoms with E-state index in [4.69, 9.17) is 0 Å². The summed E-state index contributed by atoms with van der Waals surface area (Å²) in [4.78, 5) is 1.97. The summed E-state index contributed by atoms with van der Waals surface area (Å²) in [6.45, 7) is 4.06. The molecule has 0 nitrogen and oxygen atoms in total. The highest BCUT2D eigenvalue weighted by molar-refractivity contribution is 8.06. The summed E-state index contributed by atoms with van der Waals surface area (Å²) in [5.41, 5.74) is 2.39. The van der Waals surface area contributed by atoms with Gasteiger partial charge in [-0.1, -0.05) is 58.9 Å². The van der Waals surface area contributed by atoms with Gasteiger partial charge in [0.05, 0.1) is 0 Å². The summed E-state index contributed by atoms with van der Waals surface area (Å²) in [7, 11) is 0. The molecule has 0 radical (unpaired) electrons. The summed E-state index contributed by atoms with van der Waals surface area (Å²) in [5, 5.41) is 1.37. The number of thioether (sulfide) groups is 2. The van der Waals surface area contributed by atoms with E-state index in [0.29, 0.717) is 0 Å². The minimum atomic E-state index is -0.186. The van der Waals surface area contributed by atoms with Gasteiger partial charge in [0.15, 0.2) is 5.16 Å². The molecule has 2 rings (SSSR count). The first-order valence-electron chi connectivity index (χ1n) is 5.97. The second kappa shape index (κ2) is 6.83. The Morgan fingerprint density at radius 3 is 1.84 bits per heavy atom. The van der Waals surface area contributed by atoms with E-state index in [2.05, 4.69) is 0 Å². The van der Waals surface area contributed by atoms with E-state index in [1.165, 1.54) is 22.9 Å². The molecule has 0 aromatic heterocycles. The van der Waals surface area contributed by atoms with E-state index in [1.54, 1.807) is 5.41 Å². The summed E-state index contributed by atoms with van der Waals surface area (Å²) >= 11 is 2.55. The van der Waals surface area contributed by atoms with Gasteiger partial charge < -0.3 is 0 Å². The van der Waals surface area contributed by atoms with E-state index < -0.39 is 0 Å². The van der Waals surface area contributed by atoms with Gasteiger partial charge in [-0.3, -0.25) is 0 Å². The van der Waals surface area contributed by atoms with E-state index in [-0.39, 0.29) is 5.16 Å². The third kappa shape index (κ3) is 4.77. The minimum Gasteiger partial charge on any atom is -0.198 e. The molecular formula is C16H15FS2. The van der Waals surface area contributed by atoms with Gasteiger partial charge >= 0.3 is 0 Å². The van der Waals surface area contributed by atoms with Crippen molar-refractivity contribution in [1.82, 2.24) is 0 Å². The van der Waals surface area contributed by atoms with Gasteiger partial charge in [-0.05, 0) is 38.1 Å². The molecule has 0 heterocycles. The summed E-state index contributed by atoms with van der Waals surface area (Å²) in [5.74, 6) is 0. The highest BCUT2D eigenvalue weighted by Crippen LogP contribution is 2.31. The van der Waals surface area contributed by atoms with Crippen LogP contribution in [-0.2, 0) is 0 Å². The molecule has 0 aliphatic heterocycles. The molecule has 0 N–H and O–H groups in total. The van der Waals surface area contributed by atoms with Gasteiger partial charge in [0, 0.05) is 15.2 Å². The van der Waals surface area contributed by atoms with Gasteiger partial charge in [-0.15, -0.1) is 0 Å². The minimum absolute atomic E-state index is 0.186. The van der Waals surface area contributed by atoms with Gasteiger partial charge in [-0.25, -0.2) is 0 Å². The van der Waals surface area contributed by atoms with Crippen LogP contribution in [0.25, 0.3) is 0 Å². The predicted octanol–water partition coefficient (Wildman–Crippen LogP) is 5.96. The third-order valence-electron chi connectivity index (χ3n) is 2.54. The normalized spacial score (nSPS) is 11.6. The molecule has 0 bridgehead atoms. The second-order valence-electron chi connectivity index (χ2n) is 4.27. The van der Waals surface area contributed by atoms with Crippen LogP contribution in [0.15, 0.2) is 68.9 Å². The van der Waals surface area contributed by atoms with Gasteiger partial charge in [0.25, 0.3) is 0 Å². The molecule has 98 valence electrons. The molecule has 0 aliphatic rings. The van der Waals surface area contributed by atoms with Crippen LogP contribution in [0.2, 0.25) is 0 Å². The van der Waals surface area contributed by atoms with Crippen molar-refractivity contribution < 1.29 is 4.39 Å². The lowest BCUT2D eigenvalue weighted by Crippen LogP contribution is -1.74. The molecule has 0 unspecified atom stereocenters. The van der Waals surface area contributed by atoms with Gasteiger partial charge in [0.2, 0.25) is 0 Å². The van der Waals surface area contributed by atoms with Crippen LogP contribution >= 0.6 is 23.5 Å². The Kier molecular flexibility index (Phi) is 5.11. The Morgan fingerprint density at radius 1 is 0.842 bits per heavy atom. The lowest BCUT2D eigenvalue weighted by Gasteiger charge is -2.00. The Balaban J connectivity index is 1.95. The lowest BCUT2D eigenvalue weighted by atomic mass is 10.2. The lowest BCUT2D eigenvalue weighted by molar-refractivity contribution is 0.702. The molecule has 19 heavy (non-hydrogen) atoms. The Morgan fingerprint density at radius 2 is 1.32 bits per heavy atom. The van der Waals surface area contributed by atoms with E-state index in [0.717, 1.165) is 21.6 Å². The molecule has 3 heteroatoms. The highest BCUT2D eigenvalue weighted by Gasteiger charge is 2.00. The van der Waals surface area contributed by atoms with Crippen LogP contribution in [-0.4, -0.2) is 0 Å². The van der Waals surface area contributed by atoms with E-state index in [1.807, 2.05) is 62.4 Å². The standard InChI is InChI=1S/C16H15FS2/c1-12-3-7-14(8-4-12)18-11-16(17)19-15-9-5-13(2)6-10-15/h3-11H,1-2H3/b16-11+. The average molecular weight is 290 g/mol. The molecule has 2 aromatic rings. The Hall–Kier alpha value is -1.19. The Labute approximate surface area is 122 Å². The molecule has 2 aromatic carbocycles. The largest absolute Gasteiger partial charge is 0.198 e. The SMILES string of the molecule is Cc1ccc(S/C=C(\F)Sc2ccc(C)cc2)cc1. The molecule has 0 amide bonds. The van der Waals surface area contributed by atoms with E-state index >= 15 is 0 Å². The number of rotatable bonds is 4. The summed E-state index contributed by atoms with van der Waals surface area (Å²) in [6.07, 6.45) is 0. The van der Waals surface area contributed by atoms with Crippen LogP contribution in [0, 0.1) is 13.8 Å². The first-order chi connectivity index (χ1) is 9.13. The van der Waals surface area contributed by atoms with Crippen LogP contribution in [0.1, 0.15) is 11.1 Å². The molecule has 0 fully saturated rings. The summed E-state index contributed by atoms with van der Waals surface area (Å²) < 4.78 is 13.8. The fraction of sp³-hybridized carbons (Fsp3) is 0.125. The van der Waals surface area contributed by atoms with Crippen molar-refractivity contribution in [1.29, 1.82) is 0 Å². The number of benzene rings is 2. The number of halogens is 1. The zero-order valence-corrected chi connectivity index (χ0v) is 12.5. The quantitative estimate of drug-likeness (QED) is 0.637. The monoisotopic (exact) mass is 290 g/mol. The Bertz CT molecular complexity index is 556. The van der Waals surface area contributed by atoms with Crippen molar-refractivity contribution in [3.8, 4) is 0 Å². The van der Waals surface area contributed by atoms with Crippen molar-refractivity contribution in [3.05, 3.63) is 70.2 Å². The molecular weight excluding hydrogens is 275 g/mol. The van der Waals surface area contributed by atoms with E-state index in [9.17, 15) is 4.39 Å². The topological polar surface area (TPSA) is 0 Å². The first kappa shape index (κ1) is 14.2. The zero-order chi connectivity index (χ0) is 13.7. The van der Waals surface area contributed by atoms with Crippen LogP contribution in [0.5, 0.6) is 0 Å². The van der Waals surface area contributed by atoms with Crippen molar-refractivity contribution in [3.63, 3.8) is 0 Å². The smallest absolute Gasteiger partial charge is 0.167 e. The van der Waals surface area contributed by atoms with Crippen LogP contribution in [0.4, 0.5) is 4.39 Å². The predicted molar refractivity (Wildman–Crippen MR) is 83.3 cm³/mol. The summed E-state index contributed by atoms with van der Waals surface area (Å²) in [6, 6.07) is 15.9. The van der Waals surface area contributed by atoms with Crippen molar-refractivity contribution in [2.24, 2.45) is 0 Å². The highest BCUT2D eigenvalue weighted by atomic mass is 32.2. The number of hydrogen-bond acceptors (Lipinski definition) is 2. The third-order valence-corrected chi connectivity index (χ3v) is 4.38. The van der Waals surface area contributed by atoms with Gasteiger partial charge in [-0.2, -0.15) is 4.39 Å². The molecule has 0 aliphatic carbocycles. The average Bonchev–Trinajstić information content (AvgIpc) is 2.41. The first-order valence-corrected chi connectivity index (χ1v) is 7.66. The molecule has 0 spiro atoms. The van der Waals surface area contributed by atoms with Crippen molar-refractivity contribution >= 4 is 23.5 Å². The number of hydrogen-bond donors (Lipinski definition) is 0. The number of aryl methyl sites for hydroxylation is 2. The molecule has 0 saturated carbocycles. The van der Waals surface area contributed by atoms with Crippen LogP contribution in [0.3, 0.4) is 0 Å². The van der Waals surface area contributed by atoms with Gasteiger partial charge in [0.1, 0.15) is 0 Å². The maximum Gasteiger partial charge on any atom is 0.167 e. The zero-order valence-electron chi connectivity index (χ0n) is 10.9. The second-order valence-corrected chi connectivity index (χ2v) is 6.28. The molecule has 0 saturated heterocycles. The van der Waals surface area contributed by atoms with Crippen molar-refractivity contribution in [2.45, 2.75) is 23.6 Å². The fourth-order valence-electron chi connectivity index (χ4n) is 1.47. The maximum atomic E-state index is 13.8.